The van der Waals surface area contributed by atoms with Gasteiger partial charge in [-0.25, -0.2) is 0 Å². The van der Waals surface area contributed by atoms with Crippen molar-refractivity contribution >= 4 is 0 Å². The fourth-order valence-corrected chi connectivity index (χ4v) is 5.71. The van der Waals surface area contributed by atoms with Crippen molar-refractivity contribution < 1.29 is 0 Å². The molecule has 3 heteroatoms. The first kappa shape index (κ1) is 10.7. The molecule has 0 saturated heterocycles. The highest BCUT2D eigenvalue weighted by atomic mass is 15.0. The van der Waals surface area contributed by atoms with E-state index in [1.807, 2.05) is 0 Å². The fourth-order valence-electron chi connectivity index (χ4n) is 5.71. The summed E-state index contributed by atoms with van der Waals surface area (Å²) in [6, 6.07) is 2.36. The zero-order valence-electron chi connectivity index (χ0n) is 10.7. The molecule has 3 N–H and O–H groups in total. The number of nitrogens with two attached hydrogens (primary N) is 1. The van der Waals surface area contributed by atoms with Crippen molar-refractivity contribution in [1.82, 2.24) is 5.32 Å². The van der Waals surface area contributed by atoms with Gasteiger partial charge in [0.2, 0.25) is 0 Å². The minimum absolute atomic E-state index is 0.407. The number of nitriles is 1. The molecule has 4 saturated carbocycles. The van der Waals surface area contributed by atoms with E-state index in [0.717, 1.165) is 41.7 Å². The Hall–Kier alpha value is -1.17. The first-order valence-electron chi connectivity index (χ1n) is 7.40. The van der Waals surface area contributed by atoms with Gasteiger partial charge in [-0.1, -0.05) is 0 Å². The smallest absolute Gasteiger partial charge is 0.110 e. The van der Waals surface area contributed by atoms with Crippen molar-refractivity contribution in [3.63, 3.8) is 0 Å². The summed E-state index contributed by atoms with van der Waals surface area (Å²) in [6.07, 6.45) is 7.19. The maximum absolute atomic E-state index is 9.33. The van der Waals surface area contributed by atoms with Crippen molar-refractivity contribution in [3.8, 4) is 6.07 Å². The third-order valence-corrected chi connectivity index (χ3v) is 6.06. The maximum atomic E-state index is 9.33. The Balaban J connectivity index is 1.65. The van der Waals surface area contributed by atoms with Gasteiger partial charge in [0.15, 0.2) is 0 Å². The molecule has 4 bridgehead atoms. The molecule has 3 nitrogen and oxygen atoms in total. The van der Waals surface area contributed by atoms with Gasteiger partial charge in [0.25, 0.3) is 0 Å². The number of nitrogens with one attached hydrogen (secondary N) is 1. The molecule has 0 aromatic carbocycles. The van der Waals surface area contributed by atoms with E-state index in [0.29, 0.717) is 11.7 Å². The highest BCUT2D eigenvalue weighted by Crippen LogP contribution is 2.59. The molecule has 4 aliphatic carbocycles. The second-order valence-electron chi connectivity index (χ2n) is 6.93. The molecule has 5 rings (SSSR count). The summed E-state index contributed by atoms with van der Waals surface area (Å²) in [4.78, 5) is 0. The van der Waals surface area contributed by atoms with E-state index < -0.39 is 0 Å². The van der Waals surface area contributed by atoms with Crippen LogP contribution in [0.2, 0.25) is 0 Å². The van der Waals surface area contributed by atoms with Crippen LogP contribution in [0.1, 0.15) is 32.1 Å². The van der Waals surface area contributed by atoms with E-state index in [1.165, 1.54) is 32.1 Å². The average Bonchev–Trinajstić information content (AvgIpc) is 2.69. The third kappa shape index (κ3) is 1.35. The molecular formula is C15H21N3. The van der Waals surface area contributed by atoms with Gasteiger partial charge in [-0.05, 0) is 61.7 Å². The van der Waals surface area contributed by atoms with E-state index in [4.69, 9.17) is 5.73 Å². The second-order valence-corrected chi connectivity index (χ2v) is 6.93. The van der Waals surface area contributed by atoms with Gasteiger partial charge in [-0.2, -0.15) is 5.26 Å². The molecule has 0 radical (unpaired) electrons. The molecule has 0 amide bonds. The number of hydrogen-bond donors (Lipinski definition) is 2. The first-order chi connectivity index (χ1) is 8.76. The van der Waals surface area contributed by atoms with Crippen molar-refractivity contribution in [3.05, 3.63) is 11.4 Å². The highest BCUT2D eigenvalue weighted by Gasteiger charge is 2.51. The van der Waals surface area contributed by atoms with Gasteiger partial charge in [0.05, 0.1) is 11.6 Å². The summed E-state index contributed by atoms with van der Waals surface area (Å²) < 4.78 is 0. The molecule has 0 aromatic heterocycles. The zero-order chi connectivity index (χ0) is 12.3. The van der Waals surface area contributed by atoms with Gasteiger partial charge in [-0.15, -0.1) is 0 Å². The SMILES string of the molecule is N#CC1=C(N)NCC1C1C2CC3CC(C2)CC1C3. The molecule has 96 valence electrons. The Morgan fingerprint density at radius 1 is 1.06 bits per heavy atom. The van der Waals surface area contributed by atoms with Crippen LogP contribution in [0.15, 0.2) is 11.4 Å². The van der Waals surface area contributed by atoms with E-state index in [-0.39, 0.29) is 0 Å². The standard InChI is InChI=1S/C15H21N3/c16-6-12-13(7-18-15(12)17)14-10-2-8-1-9(4-10)5-11(14)3-8/h8-11,13-14,18H,1-5,7,17H2. The van der Waals surface area contributed by atoms with Gasteiger partial charge in [0.1, 0.15) is 5.82 Å². The summed E-state index contributed by atoms with van der Waals surface area (Å²) in [5.74, 6) is 5.56. The predicted octanol–water partition coefficient (Wildman–Crippen LogP) is 1.97. The molecule has 0 aromatic rings. The predicted molar refractivity (Wildman–Crippen MR) is 68.9 cm³/mol. The second kappa shape index (κ2) is 3.66. The number of nitrogens with zero attached hydrogens (tertiary/aromatic N) is 1. The Morgan fingerprint density at radius 3 is 2.22 bits per heavy atom. The van der Waals surface area contributed by atoms with E-state index >= 15 is 0 Å². The van der Waals surface area contributed by atoms with Crippen molar-refractivity contribution in [2.24, 2.45) is 41.2 Å². The van der Waals surface area contributed by atoms with Crippen LogP contribution in [-0.2, 0) is 0 Å². The summed E-state index contributed by atoms with van der Waals surface area (Å²) in [5.41, 5.74) is 6.77. The minimum Gasteiger partial charge on any atom is -0.385 e. The lowest BCUT2D eigenvalue weighted by molar-refractivity contribution is -0.0526. The van der Waals surface area contributed by atoms with Crippen LogP contribution in [0.3, 0.4) is 0 Å². The lowest BCUT2D eigenvalue weighted by Crippen LogP contribution is -2.48. The Morgan fingerprint density at radius 2 is 1.67 bits per heavy atom. The van der Waals surface area contributed by atoms with Crippen molar-refractivity contribution in [2.75, 3.05) is 6.54 Å². The van der Waals surface area contributed by atoms with Crippen molar-refractivity contribution in [1.29, 1.82) is 5.26 Å². The van der Waals surface area contributed by atoms with Crippen LogP contribution in [0, 0.1) is 46.8 Å². The first-order valence-corrected chi connectivity index (χ1v) is 7.40. The molecule has 18 heavy (non-hydrogen) atoms. The van der Waals surface area contributed by atoms with Gasteiger partial charge >= 0.3 is 0 Å². The van der Waals surface area contributed by atoms with Crippen LogP contribution < -0.4 is 11.1 Å². The molecule has 1 aliphatic heterocycles. The zero-order valence-corrected chi connectivity index (χ0v) is 10.7. The van der Waals surface area contributed by atoms with Crippen LogP contribution in [0.4, 0.5) is 0 Å². The lowest BCUT2D eigenvalue weighted by Gasteiger charge is -2.56. The average molecular weight is 243 g/mol. The largest absolute Gasteiger partial charge is 0.385 e. The molecule has 1 atom stereocenters. The fraction of sp³-hybridized carbons (Fsp3) is 0.800. The number of rotatable bonds is 1. The third-order valence-electron chi connectivity index (χ3n) is 6.06. The number of hydrogen-bond acceptors (Lipinski definition) is 3. The van der Waals surface area contributed by atoms with E-state index in [1.54, 1.807) is 0 Å². The molecule has 0 spiro atoms. The Kier molecular flexibility index (Phi) is 2.18. The Bertz CT molecular complexity index is 417. The monoisotopic (exact) mass is 243 g/mol. The highest BCUT2D eigenvalue weighted by molar-refractivity contribution is 5.33. The van der Waals surface area contributed by atoms with Crippen LogP contribution in [0.25, 0.3) is 0 Å². The van der Waals surface area contributed by atoms with Crippen LogP contribution in [0.5, 0.6) is 0 Å². The lowest BCUT2D eigenvalue weighted by atomic mass is 9.49. The maximum Gasteiger partial charge on any atom is 0.110 e. The van der Waals surface area contributed by atoms with E-state index in [2.05, 4.69) is 11.4 Å². The molecular weight excluding hydrogens is 222 g/mol. The normalized spacial score (nSPS) is 49.3. The quantitative estimate of drug-likeness (QED) is 0.740. The van der Waals surface area contributed by atoms with Crippen LogP contribution >= 0.6 is 0 Å². The van der Waals surface area contributed by atoms with E-state index in [9.17, 15) is 5.26 Å². The molecule has 1 unspecified atom stereocenters. The minimum atomic E-state index is 0.407. The molecule has 1 heterocycles. The summed E-state index contributed by atoms with van der Waals surface area (Å²) >= 11 is 0. The Labute approximate surface area is 108 Å². The molecule has 4 fully saturated rings. The van der Waals surface area contributed by atoms with Gasteiger partial charge < -0.3 is 11.1 Å². The van der Waals surface area contributed by atoms with Gasteiger partial charge in [0, 0.05) is 12.5 Å². The van der Waals surface area contributed by atoms with Gasteiger partial charge in [-0.3, -0.25) is 0 Å². The van der Waals surface area contributed by atoms with Crippen molar-refractivity contribution in [2.45, 2.75) is 32.1 Å². The summed E-state index contributed by atoms with van der Waals surface area (Å²) in [5, 5.41) is 12.5. The topological polar surface area (TPSA) is 61.8 Å². The summed E-state index contributed by atoms with van der Waals surface area (Å²) in [7, 11) is 0. The summed E-state index contributed by atoms with van der Waals surface area (Å²) in [6.45, 7) is 0.904. The van der Waals surface area contributed by atoms with Crippen LogP contribution in [-0.4, -0.2) is 6.54 Å². The molecule has 5 aliphatic rings.